The lowest BCUT2D eigenvalue weighted by atomic mass is 10.1. The molecule has 0 spiro atoms. The van der Waals surface area contributed by atoms with Gasteiger partial charge in [-0.1, -0.05) is 60.2 Å². The summed E-state index contributed by atoms with van der Waals surface area (Å²) in [5, 5.41) is 9.94. The van der Waals surface area contributed by atoms with Gasteiger partial charge >= 0.3 is 0 Å². The van der Waals surface area contributed by atoms with E-state index in [9.17, 15) is 13.5 Å². The van der Waals surface area contributed by atoms with Crippen molar-refractivity contribution in [2.75, 3.05) is 5.75 Å². The van der Waals surface area contributed by atoms with Crippen LogP contribution in [0, 0.1) is 6.92 Å². The lowest BCUT2D eigenvalue weighted by molar-refractivity contribution is 0.228. The lowest BCUT2D eigenvalue weighted by Gasteiger charge is -2.05. The monoisotopic (exact) mass is 302 g/mol. The fourth-order valence-corrected chi connectivity index (χ4v) is 3.02. The van der Waals surface area contributed by atoms with Crippen LogP contribution in [-0.4, -0.2) is 19.3 Å². The third kappa shape index (κ3) is 4.28. The van der Waals surface area contributed by atoms with Crippen molar-refractivity contribution in [3.05, 3.63) is 77.9 Å². The zero-order valence-corrected chi connectivity index (χ0v) is 12.6. The van der Waals surface area contributed by atoms with Crippen LogP contribution < -0.4 is 0 Å². The summed E-state index contributed by atoms with van der Waals surface area (Å²) in [6.45, 7) is 1.91. The lowest BCUT2D eigenvalue weighted by Crippen LogP contribution is -2.05. The minimum Gasteiger partial charge on any atom is -0.384 e. The maximum Gasteiger partial charge on any atom is 0.181 e. The average Bonchev–Trinajstić information content (AvgIpc) is 2.48. The minimum absolute atomic E-state index is 0.125. The first-order valence-corrected chi connectivity index (χ1v) is 8.33. The summed E-state index contributed by atoms with van der Waals surface area (Å²) in [7, 11) is -3.35. The first-order chi connectivity index (χ1) is 9.99. The van der Waals surface area contributed by atoms with Crippen molar-refractivity contribution in [3.63, 3.8) is 0 Å². The zero-order valence-electron chi connectivity index (χ0n) is 11.8. The molecule has 4 heteroatoms. The Morgan fingerprint density at radius 3 is 2.29 bits per heavy atom. The van der Waals surface area contributed by atoms with Gasteiger partial charge in [0, 0.05) is 0 Å². The number of sulfone groups is 1. The molecule has 2 rings (SSSR count). The molecule has 21 heavy (non-hydrogen) atoms. The topological polar surface area (TPSA) is 54.4 Å². The SMILES string of the molecule is Cc1ccc(S(=O)(=O)C/C=C\C(O)c2ccccc2)cc1. The van der Waals surface area contributed by atoms with Crippen molar-refractivity contribution < 1.29 is 13.5 Å². The van der Waals surface area contributed by atoms with Crippen LogP contribution in [0.5, 0.6) is 0 Å². The Bertz CT molecular complexity index is 701. The summed E-state index contributed by atoms with van der Waals surface area (Å²) in [6, 6.07) is 15.9. The van der Waals surface area contributed by atoms with Crippen LogP contribution in [0.4, 0.5) is 0 Å². The van der Waals surface area contributed by atoms with Gasteiger partial charge in [0.2, 0.25) is 0 Å². The van der Waals surface area contributed by atoms with Crippen LogP contribution in [0.1, 0.15) is 17.2 Å². The van der Waals surface area contributed by atoms with Gasteiger partial charge in [-0.3, -0.25) is 0 Å². The van der Waals surface area contributed by atoms with E-state index >= 15 is 0 Å². The predicted molar refractivity (Wildman–Crippen MR) is 83.8 cm³/mol. The number of aliphatic hydroxyl groups excluding tert-OH is 1. The first kappa shape index (κ1) is 15.5. The fourth-order valence-electron chi connectivity index (χ4n) is 1.91. The van der Waals surface area contributed by atoms with Crippen LogP contribution in [0.3, 0.4) is 0 Å². The van der Waals surface area contributed by atoms with Crippen molar-refractivity contribution in [3.8, 4) is 0 Å². The van der Waals surface area contributed by atoms with Crippen molar-refractivity contribution in [1.29, 1.82) is 0 Å². The van der Waals surface area contributed by atoms with Crippen molar-refractivity contribution in [2.45, 2.75) is 17.9 Å². The summed E-state index contributed by atoms with van der Waals surface area (Å²) >= 11 is 0. The maximum absolute atomic E-state index is 12.1. The van der Waals surface area contributed by atoms with Crippen molar-refractivity contribution in [2.24, 2.45) is 0 Å². The molecule has 0 aliphatic rings. The molecule has 0 amide bonds. The van der Waals surface area contributed by atoms with E-state index in [1.807, 2.05) is 25.1 Å². The highest BCUT2D eigenvalue weighted by Gasteiger charge is 2.12. The van der Waals surface area contributed by atoms with Gasteiger partial charge in [-0.15, -0.1) is 0 Å². The smallest absolute Gasteiger partial charge is 0.181 e. The van der Waals surface area contributed by atoms with E-state index in [1.165, 1.54) is 12.2 Å². The number of benzene rings is 2. The zero-order chi connectivity index (χ0) is 15.3. The molecule has 3 nitrogen and oxygen atoms in total. The predicted octanol–water partition coefficient (Wildman–Crippen LogP) is 3.06. The Kier molecular flexibility index (Phi) is 4.94. The molecule has 0 aliphatic carbocycles. The van der Waals surface area contributed by atoms with Gasteiger partial charge in [0.05, 0.1) is 16.8 Å². The summed E-state index contributed by atoms with van der Waals surface area (Å²) in [5.41, 5.74) is 1.76. The number of aliphatic hydroxyl groups is 1. The molecule has 1 N–H and O–H groups in total. The molecule has 0 fully saturated rings. The molecule has 1 atom stereocenters. The average molecular weight is 302 g/mol. The third-order valence-corrected chi connectivity index (χ3v) is 4.78. The molecule has 0 heterocycles. The molecular formula is C17H18O3S. The molecule has 0 bridgehead atoms. The van der Waals surface area contributed by atoms with Gasteiger partial charge in [0.1, 0.15) is 0 Å². The Morgan fingerprint density at radius 2 is 1.67 bits per heavy atom. The summed E-state index contributed by atoms with van der Waals surface area (Å²) in [4.78, 5) is 0.298. The van der Waals surface area contributed by atoms with Crippen LogP contribution in [-0.2, 0) is 9.84 Å². The largest absolute Gasteiger partial charge is 0.384 e. The number of hydrogen-bond acceptors (Lipinski definition) is 3. The van der Waals surface area contributed by atoms with E-state index in [0.717, 1.165) is 11.1 Å². The van der Waals surface area contributed by atoms with E-state index in [2.05, 4.69) is 0 Å². The normalized spacial score (nSPS) is 13.4. The van der Waals surface area contributed by atoms with E-state index < -0.39 is 15.9 Å². The Balaban J connectivity index is 2.05. The van der Waals surface area contributed by atoms with Gasteiger partial charge in [-0.2, -0.15) is 0 Å². The summed E-state index contributed by atoms with van der Waals surface area (Å²) in [6.07, 6.45) is 2.20. The van der Waals surface area contributed by atoms with Gasteiger partial charge in [0.25, 0.3) is 0 Å². The standard InChI is InChI=1S/C17H18O3S/c1-14-9-11-16(12-10-14)21(19,20)13-5-8-17(18)15-6-3-2-4-7-15/h2-12,17-18H,13H2,1H3/b8-5-. The molecule has 110 valence electrons. The van der Waals surface area contributed by atoms with Crippen LogP contribution >= 0.6 is 0 Å². The summed E-state index contributed by atoms with van der Waals surface area (Å²) in [5.74, 6) is -0.125. The first-order valence-electron chi connectivity index (χ1n) is 6.68. The molecule has 0 radical (unpaired) electrons. The van der Waals surface area contributed by atoms with Gasteiger partial charge < -0.3 is 5.11 Å². The quantitative estimate of drug-likeness (QED) is 0.864. The van der Waals surface area contributed by atoms with Crippen LogP contribution in [0.2, 0.25) is 0 Å². The van der Waals surface area contributed by atoms with E-state index in [4.69, 9.17) is 0 Å². The molecular weight excluding hydrogens is 284 g/mol. The van der Waals surface area contributed by atoms with E-state index in [-0.39, 0.29) is 5.75 Å². The van der Waals surface area contributed by atoms with Gasteiger partial charge in [-0.25, -0.2) is 8.42 Å². The molecule has 0 saturated carbocycles. The molecule has 0 saturated heterocycles. The third-order valence-electron chi connectivity index (χ3n) is 3.16. The Labute approximate surface area is 125 Å². The van der Waals surface area contributed by atoms with E-state index in [0.29, 0.717) is 4.90 Å². The molecule has 1 unspecified atom stereocenters. The second kappa shape index (κ2) is 6.70. The highest BCUT2D eigenvalue weighted by Crippen LogP contribution is 2.15. The Hall–Kier alpha value is -1.91. The molecule has 2 aromatic carbocycles. The maximum atomic E-state index is 12.1. The highest BCUT2D eigenvalue weighted by atomic mass is 32.2. The Morgan fingerprint density at radius 1 is 1.05 bits per heavy atom. The molecule has 0 aliphatic heterocycles. The molecule has 2 aromatic rings. The highest BCUT2D eigenvalue weighted by molar-refractivity contribution is 7.91. The number of rotatable bonds is 5. The van der Waals surface area contributed by atoms with Gasteiger partial charge in [0.15, 0.2) is 9.84 Å². The van der Waals surface area contributed by atoms with Crippen LogP contribution in [0.25, 0.3) is 0 Å². The molecule has 0 aromatic heterocycles. The minimum atomic E-state index is -3.35. The number of aryl methyl sites for hydroxylation is 1. The van der Waals surface area contributed by atoms with Crippen molar-refractivity contribution in [1.82, 2.24) is 0 Å². The number of hydrogen-bond donors (Lipinski definition) is 1. The van der Waals surface area contributed by atoms with E-state index in [1.54, 1.807) is 36.4 Å². The van der Waals surface area contributed by atoms with Crippen molar-refractivity contribution >= 4 is 9.84 Å². The van der Waals surface area contributed by atoms with Gasteiger partial charge in [-0.05, 0) is 24.6 Å². The van der Waals surface area contributed by atoms with Crippen LogP contribution in [0.15, 0.2) is 71.6 Å². The summed E-state index contributed by atoms with van der Waals surface area (Å²) < 4.78 is 24.3. The fraction of sp³-hybridized carbons (Fsp3) is 0.176. The second-order valence-electron chi connectivity index (χ2n) is 4.88. The second-order valence-corrected chi connectivity index (χ2v) is 6.91.